The molecule has 0 saturated heterocycles. The Hall–Kier alpha value is -3.13. The average molecular weight is 293 g/mol. The number of alkyl carbamates (subject to hydrolysis) is 1. The van der Waals surface area contributed by atoms with Gasteiger partial charge in [0.2, 0.25) is 0 Å². The topological polar surface area (TPSA) is 75.0 Å². The highest BCUT2D eigenvalue weighted by Crippen LogP contribution is 2.02. The molecule has 2 rings (SSSR count). The van der Waals surface area contributed by atoms with Crippen LogP contribution in [0.1, 0.15) is 16.8 Å². The highest BCUT2D eigenvalue weighted by molar-refractivity contribution is 5.67. The maximum absolute atomic E-state index is 11.5. The van der Waals surface area contributed by atoms with E-state index in [1.165, 1.54) is 0 Å². The summed E-state index contributed by atoms with van der Waals surface area (Å²) in [5.41, 5.74) is 2.15. The number of aromatic nitrogens is 1. The highest BCUT2D eigenvalue weighted by Gasteiger charge is 2.00. The molecule has 0 unspecified atom stereocenters. The normalized spacial score (nSPS) is 10.1. The van der Waals surface area contributed by atoms with Crippen molar-refractivity contribution < 1.29 is 9.53 Å². The summed E-state index contributed by atoms with van der Waals surface area (Å²) in [7, 11) is 0. The SMILES string of the molecule is N#Cc1ccnc(C=CCNC(=O)OCc2ccccc2)c1. The van der Waals surface area contributed by atoms with Crippen LogP contribution in [0.15, 0.2) is 54.7 Å². The van der Waals surface area contributed by atoms with E-state index in [1.807, 2.05) is 36.4 Å². The third kappa shape index (κ3) is 5.10. The number of nitriles is 1. The zero-order valence-corrected chi connectivity index (χ0v) is 11.9. The Morgan fingerprint density at radius 1 is 1.32 bits per heavy atom. The Kier molecular flexibility index (Phi) is 5.70. The number of amides is 1. The second-order valence-electron chi connectivity index (χ2n) is 4.43. The quantitative estimate of drug-likeness (QED) is 0.919. The molecule has 0 fully saturated rings. The molecule has 5 heteroatoms. The standard InChI is InChI=1S/C17H15N3O2/c18-12-15-8-10-19-16(11-15)7-4-9-20-17(21)22-13-14-5-2-1-3-6-14/h1-8,10-11H,9,13H2,(H,20,21). The molecule has 0 radical (unpaired) electrons. The fraction of sp³-hybridized carbons (Fsp3) is 0.118. The molecular weight excluding hydrogens is 278 g/mol. The predicted molar refractivity (Wildman–Crippen MR) is 82.6 cm³/mol. The van der Waals surface area contributed by atoms with Crippen LogP contribution >= 0.6 is 0 Å². The molecule has 0 saturated carbocycles. The number of nitrogens with zero attached hydrogens (tertiary/aromatic N) is 2. The van der Waals surface area contributed by atoms with Crippen molar-refractivity contribution in [1.29, 1.82) is 5.26 Å². The smallest absolute Gasteiger partial charge is 0.407 e. The third-order valence-electron chi connectivity index (χ3n) is 2.78. The van der Waals surface area contributed by atoms with Gasteiger partial charge in [0.1, 0.15) is 6.61 Å². The number of hydrogen-bond donors (Lipinski definition) is 1. The van der Waals surface area contributed by atoms with Gasteiger partial charge in [-0.25, -0.2) is 4.79 Å². The number of rotatable bonds is 5. The Bertz CT molecular complexity index is 691. The van der Waals surface area contributed by atoms with Crippen LogP contribution in [0.2, 0.25) is 0 Å². The first-order valence-corrected chi connectivity index (χ1v) is 6.75. The number of ether oxygens (including phenoxy) is 1. The van der Waals surface area contributed by atoms with Gasteiger partial charge in [-0.3, -0.25) is 4.98 Å². The molecule has 1 aromatic carbocycles. The van der Waals surface area contributed by atoms with Crippen LogP contribution in [0.25, 0.3) is 6.08 Å². The van der Waals surface area contributed by atoms with Crippen molar-refractivity contribution in [3.05, 3.63) is 71.6 Å². The highest BCUT2D eigenvalue weighted by atomic mass is 16.5. The minimum atomic E-state index is -0.479. The van der Waals surface area contributed by atoms with Crippen molar-refractivity contribution in [1.82, 2.24) is 10.3 Å². The van der Waals surface area contributed by atoms with Gasteiger partial charge in [0.05, 0.1) is 17.3 Å². The van der Waals surface area contributed by atoms with Crippen LogP contribution in [0.4, 0.5) is 4.79 Å². The first kappa shape index (κ1) is 15.3. The number of carbonyl (C=O) groups is 1. The number of nitrogens with one attached hydrogen (secondary N) is 1. The van der Waals surface area contributed by atoms with Gasteiger partial charge in [-0.1, -0.05) is 36.4 Å². The maximum Gasteiger partial charge on any atom is 0.407 e. The van der Waals surface area contributed by atoms with Gasteiger partial charge in [-0.05, 0) is 23.8 Å². The van der Waals surface area contributed by atoms with Crippen LogP contribution in [0.3, 0.4) is 0 Å². The fourth-order valence-corrected chi connectivity index (χ4v) is 1.71. The van der Waals surface area contributed by atoms with E-state index < -0.39 is 6.09 Å². The van der Waals surface area contributed by atoms with E-state index >= 15 is 0 Å². The lowest BCUT2D eigenvalue weighted by Crippen LogP contribution is -2.24. The molecule has 0 aliphatic carbocycles. The fourth-order valence-electron chi connectivity index (χ4n) is 1.71. The van der Waals surface area contributed by atoms with E-state index in [1.54, 1.807) is 30.5 Å². The first-order valence-electron chi connectivity index (χ1n) is 6.75. The Morgan fingerprint density at radius 3 is 2.91 bits per heavy atom. The average Bonchev–Trinajstić information content (AvgIpc) is 2.58. The summed E-state index contributed by atoms with van der Waals surface area (Å²) in [6.45, 7) is 0.564. The summed E-state index contributed by atoms with van der Waals surface area (Å²) in [6, 6.07) is 14.8. The van der Waals surface area contributed by atoms with Gasteiger partial charge in [0, 0.05) is 12.7 Å². The van der Waals surface area contributed by atoms with Gasteiger partial charge in [-0.2, -0.15) is 5.26 Å². The molecule has 2 aromatic rings. The summed E-state index contributed by atoms with van der Waals surface area (Å²) in [6.07, 6.45) is 4.57. The predicted octanol–water partition coefficient (Wildman–Crippen LogP) is 2.89. The molecule has 1 heterocycles. The number of benzene rings is 1. The van der Waals surface area contributed by atoms with Crippen LogP contribution in [-0.2, 0) is 11.3 Å². The van der Waals surface area contributed by atoms with Crippen molar-refractivity contribution >= 4 is 12.2 Å². The molecular formula is C17H15N3O2. The Labute approximate surface area is 128 Å². The van der Waals surface area contributed by atoms with E-state index in [0.29, 0.717) is 17.8 Å². The molecule has 1 amide bonds. The Balaban J connectivity index is 1.72. The molecule has 5 nitrogen and oxygen atoms in total. The van der Waals surface area contributed by atoms with E-state index in [4.69, 9.17) is 10.00 Å². The maximum atomic E-state index is 11.5. The largest absolute Gasteiger partial charge is 0.445 e. The van der Waals surface area contributed by atoms with Crippen LogP contribution in [0, 0.1) is 11.3 Å². The molecule has 110 valence electrons. The molecule has 0 aliphatic heterocycles. The lowest BCUT2D eigenvalue weighted by Gasteiger charge is -2.05. The van der Waals surface area contributed by atoms with Gasteiger partial charge in [0.25, 0.3) is 0 Å². The molecule has 0 spiro atoms. The third-order valence-corrected chi connectivity index (χ3v) is 2.78. The van der Waals surface area contributed by atoms with Crippen molar-refractivity contribution in [3.8, 4) is 6.07 Å². The van der Waals surface area contributed by atoms with E-state index in [-0.39, 0.29) is 6.61 Å². The van der Waals surface area contributed by atoms with Crippen molar-refractivity contribution in [2.75, 3.05) is 6.54 Å². The summed E-state index contributed by atoms with van der Waals surface area (Å²) < 4.78 is 5.07. The van der Waals surface area contributed by atoms with Crippen molar-refractivity contribution in [2.45, 2.75) is 6.61 Å². The molecule has 0 aliphatic rings. The zero-order chi connectivity index (χ0) is 15.6. The van der Waals surface area contributed by atoms with E-state index in [9.17, 15) is 4.79 Å². The van der Waals surface area contributed by atoms with E-state index in [2.05, 4.69) is 10.3 Å². The summed E-state index contributed by atoms with van der Waals surface area (Å²) in [5, 5.41) is 11.4. The molecule has 1 aromatic heterocycles. The summed E-state index contributed by atoms with van der Waals surface area (Å²) >= 11 is 0. The molecule has 1 N–H and O–H groups in total. The van der Waals surface area contributed by atoms with Crippen LogP contribution in [-0.4, -0.2) is 17.6 Å². The molecule has 0 bridgehead atoms. The molecule has 22 heavy (non-hydrogen) atoms. The van der Waals surface area contributed by atoms with Crippen LogP contribution in [0.5, 0.6) is 0 Å². The number of pyridine rings is 1. The number of carbonyl (C=O) groups excluding carboxylic acids is 1. The Morgan fingerprint density at radius 2 is 2.14 bits per heavy atom. The van der Waals surface area contributed by atoms with Crippen LogP contribution < -0.4 is 5.32 Å². The van der Waals surface area contributed by atoms with Crippen molar-refractivity contribution in [2.24, 2.45) is 0 Å². The monoisotopic (exact) mass is 293 g/mol. The minimum absolute atomic E-state index is 0.238. The number of hydrogen-bond acceptors (Lipinski definition) is 4. The minimum Gasteiger partial charge on any atom is -0.445 e. The van der Waals surface area contributed by atoms with Gasteiger partial charge in [-0.15, -0.1) is 0 Å². The second kappa shape index (κ2) is 8.22. The van der Waals surface area contributed by atoms with Gasteiger partial charge >= 0.3 is 6.09 Å². The lowest BCUT2D eigenvalue weighted by molar-refractivity contribution is 0.141. The van der Waals surface area contributed by atoms with Gasteiger partial charge < -0.3 is 10.1 Å². The summed E-state index contributed by atoms with van der Waals surface area (Å²) in [5.74, 6) is 0. The first-order chi connectivity index (χ1) is 10.8. The zero-order valence-electron chi connectivity index (χ0n) is 11.9. The van der Waals surface area contributed by atoms with Crippen molar-refractivity contribution in [3.63, 3.8) is 0 Å². The molecule has 0 atom stereocenters. The second-order valence-corrected chi connectivity index (χ2v) is 4.43. The lowest BCUT2D eigenvalue weighted by atomic mass is 10.2. The van der Waals surface area contributed by atoms with Gasteiger partial charge in [0.15, 0.2) is 0 Å². The summed E-state index contributed by atoms with van der Waals surface area (Å²) in [4.78, 5) is 15.6. The van der Waals surface area contributed by atoms with E-state index in [0.717, 1.165) is 5.56 Å².